The lowest BCUT2D eigenvalue weighted by Crippen LogP contribution is -2.45. The predicted molar refractivity (Wildman–Crippen MR) is 85.4 cm³/mol. The van der Waals surface area contributed by atoms with E-state index in [1.54, 1.807) is 18.9 Å². The molecule has 0 aromatic heterocycles. The van der Waals surface area contributed by atoms with Crippen molar-refractivity contribution in [2.75, 3.05) is 7.11 Å². The van der Waals surface area contributed by atoms with E-state index in [9.17, 15) is 4.79 Å². The summed E-state index contributed by atoms with van der Waals surface area (Å²) in [4.78, 5) is 15.5. The molecule has 0 radical (unpaired) electrons. The molecule has 3 nitrogen and oxygen atoms in total. The number of hydrogen-bond donors (Lipinski definition) is 0. The lowest BCUT2D eigenvalue weighted by Gasteiger charge is -2.33. The molecule has 0 spiro atoms. The summed E-state index contributed by atoms with van der Waals surface area (Å²) in [7, 11) is 1.65. The maximum absolute atomic E-state index is 12.6. The number of carbonyl (C=O) groups is 1. The number of benzene rings is 1. The molecule has 1 aromatic carbocycles. The number of nitrogens with zero attached hydrogens (tertiary/aromatic N) is 1. The van der Waals surface area contributed by atoms with Gasteiger partial charge in [0, 0.05) is 12.1 Å². The highest BCUT2D eigenvalue weighted by molar-refractivity contribution is 8.00. The van der Waals surface area contributed by atoms with Crippen LogP contribution in [0.2, 0.25) is 0 Å². The Hall–Kier alpha value is -1.16. The number of hydrogen-bond acceptors (Lipinski definition) is 3. The average Bonchev–Trinajstić information content (AvgIpc) is 2.38. The number of amides is 1. The minimum atomic E-state index is -0.129. The van der Waals surface area contributed by atoms with Gasteiger partial charge in [-0.1, -0.05) is 12.1 Å². The summed E-state index contributed by atoms with van der Waals surface area (Å²) in [5.74, 6) is 0.990. The van der Waals surface area contributed by atoms with Crippen molar-refractivity contribution in [2.45, 2.75) is 56.8 Å². The van der Waals surface area contributed by atoms with E-state index in [1.165, 1.54) is 0 Å². The maximum atomic E-state index is 12.6. The number of thioether (sulfide) groups is 1. The highest BCUT2D eigenvalue weighted by Gasteiger charge is 2.26. The van der Waals surface area contributed by atoms with Crippen molar-refractivity contribution in [1.29, 1.82) is 0 Å². The van der Waals surface area contributed by atoms with Crippen molar-refractivity contribution in [1.82, 2.24) is 4.90 Å². The topological polar surface area (TPSA) is 29.5 Å². The Bertz CT molecular complexity index is 438. The third-order valence-corrected chi connectivity index (χ3v) is 4.23. The molecule has 4 heteroatoms. The minimum absolute atomic E-state index is 0.129. The summed E-state index contributed by atoms with van der Waals surface area (Å²) < 4.78 is 5.34. The minimum Gasteiger partial charge on any atom is -0.496 e. The van der Waals surface area contributed by atoms with Crippen LogP contribution in [-0.2, 0) is 4.79 Å². The first-order valence-corrected chi connectivity index (χ1v) is 7.88. The molecule has 20 heavy (non-hydrogen) atoms. The van der Waals surface area contributed by atoms with Gasteiger partial charge in [0.2, 0.25) is 5.91 Å². The van der Waals surface area contributed by atoms with Gasteiger partial charge in [-0.25, -0.2) is 0 Å². The molecule has 112 valence electrons. The molecule has 0 saturated heterocycles. The lowest BCUT2D eigenvalue weighted by atomic mass is 10.2. The number of carbonyl (C=O) groups excluding carboxylic acids is 1. The first-order valence-electron chi connectivity index (χ1n) is 7.00. The van der Waals surface area contributed by atoms with Crippen LogP contribution < -0.4 is 4.74 Å². The van der Waals surface area contributed by atoms with E-state index in [2.05, 4.69) is 27.7 Å². The average molecular weight is 295 g/mol. The van der Waals surface area contributed by atoms with Crippen LogP contribution in [-0.4, -0.2) is 35.3 Å². The predicted octanol–water partition coefficient (Wildman–Crippen LogP) is 3.82. The van der Waals surface area contributed by atoms with Crippen LogP contribution in [0.4, 0.5) is 0 Å². The van der Waals surface area contributed by atoms with Crippen LogP contribution in [0, 0.1) is 0 Å². The zero-order valence-corrected chi connectivity index (χ0v) is 14.0. The monoisotopic (exact) mass is 295 g/mol. The van der Waals surface area contributed by atoms with Crippen molar-refractivity contribution < 1.29 is 9.53 Å². The Balaban J connectivity index is 2.84. The molecular weight excluding hydrogens is 270 g/mol. The summed E-state index contributed by atoms with van der Waals surface area (Å²) in [6, 6.07) is 8.23. The number of rotatable bonds is 6. The summed E-state index contributed by atoms with van der Waals surface area (Å²) in [5.41, 5.74) is 0. The molecule has 0 N–H and O–H groups in total. The van der Waals surface area contributed by atoms with E-state index < -0.39 is 0 Å². The molecule has 1 rings (SSSR count). The van der Waals surface area contributed by atoms with Crippen LogP contribution in [0.1, 0.15) is 34.6 Å². The van der Waals surface area contributed by atoms with Crippen molar-refractivity contribution >= 4 is 17.7 Å². The fourth-order valence-electron chi connectivity index (χ4n) is 2.27. The molecule has 1 atom stereocenters. The van der Waals surface area contributed by atoms with E-state index in [4.69, 9.17) is 4.74 Å². The van der Waals surface area contributed by atoms with Gasteiger partial charge >= 0.3 is 0 Å². The molecular formula is C16H25NO2S. The summed E-state index contributed by atoms with van der Waals surface area (Å²) in [6.07, 6.45) is 0. The third kappa shape index (κ3) is 4.17. The van der Waals surface area contributed by atoms with Gasteiger partial charge < -0.3 is 9.64 Å². The second-order valence-corrected chi connectivity index (χ2v) is 6.73. The van der Waals surface area contributed by atoms with Crippen LogP contribution in [0.5, 0.6) is 5.75 Å². The molecule has 0 aliphatic heterocycles. The normalized spacial score (nSPS) is 12.6. The Morgan fingerprint density at radius 3 is 2.15 bits per heavy atom. The highest BCUT2D eigenvalue weighted by atomic mass is 32.2. The van der Waals surface area contributed by atoms with Crippen LogP contribution in [0.15, 0.2) is 29.2 Å². The first kappa shape index (κ1) is 16.9. The summed E-state index contributed by atoms with van der Waals surface area (Å²) in [5, 5.41) is -0.129. The van der Waals surface area contributed by atoms with Gasteiger partial charge in [-0.3, -0.25) is 4.79 Å². The second kappa shape index (κ2) is 7.58. The molecule has 0 fully saturated rings. The third-order valence-electron chi connectivity index (χ3n) is 3.09. The smallest absolute Gasteiger partial charge is 0.236 e. The number of ether oxygens (including phenoxy) is 1. The zero-order chi connectivity index (χ0) is 15.3. The fraction of sp³-hybridized carbons (Fsp3) is 0.562. The lowest BCUT2D eigenvalue weighted by molar-refractivity contribution is -0.133. The Morgan fingerprint density at radius 2 is 1.65 bits per heavy atom. The molecule has 1 aromatic rings. The Kier molecular flexibility index (Phi) is 6.40. The van der Waals surface area contributed by atoms with E-state index in [0.29, 0.717) is 0 Å². The van der Waals surface area contributed by atoms with Gasteiger partial charge in [0.15, 0.2) is 0 Å². The van der Waals surface area contributed by atoms with Crippen molar-refractivity contribution in [3.05, 3.63) is 24.3 Å². The summed E-state index contributed by atoms with van der Waals surface area (Å²) in [6.45, 7) is 10.2. The Morgan fingerprint density at radius 1 is 1.10 bits per heavy atom. The van der Waals surface area contributed by atoms with Crippen LogP contribution in [0.25, 0.3) is 0 Å². The van der Waals surface area contributed by atoms with Gasteiger partial charge in [-0.05, 0) is 46.8 Å². The quantitative estimate of drug-likeness (QED) is 0.747. The van der Waals surface area contributed by atoms with Gasteiger partial charge in [0.25, 0.3) is 0 Å². The molecule has 1 unspecified atom stereocenters. The van der Waals surface area contributed by atoms with Gasteiger partial charge in [-0.2, -0.15) is 0 Å². The van der Waals surface area contributed by atoms with Gasteiger partial charge in [0.05, 0.1) is 17.3 Å². The van der Waals surface area contributed by atoms with Crippen molar-refractivity contribution in [2.24, 2.45) is 0 Å². The van der Waals surface area contributed by atoms with E-state index in [0.717, 1.165) is 10.6 Å². The van der Waals surface area contributed by atoms with Crippen LogP contribution in [0.3, 0.4) is 0 Å². The van der Waals surface area contributed by atoms with Crippen LogP contribution >= 0.6 is 11.8 Å². The Labute approximate surface area is 126 Å². The molecule has 0 heterocycles. The van der Waals surface area contributed by atoms with Gasteiger partial charge in [0.1, 0.15) is 5.75 Å². The molecule has 0 aliphatic carbocycles. The molecule has 1 amide bonds. The maximum Gasteiger partial charge on any atom is 0.236 e. The number of methoxy groups -OCH3 is 1. The van der Waals surface area contributed by atoms with E-state index in [-0.39, 0.29) is 23.2 Å². The fourth-order valence-corrected chi connectivity index (χ4v) is 3.30. The first-order chi connectivity index (χ1) is 9.38. The number of para-hydroxylation sites is 1. The SMILES string of the molecule is COc1ccccc1SC(C)C(=O)N(C(C)C)C(C)C. The largest absolute Gasteiger partial charge is 0.496 e. The van der Waals surface area contributed by atoms with E-state index in [1.807, 2.05) is 36.1 Å². The molecule has 0 bridgehead atoms. The van der Waals surface area contributed by atoms with Crippen molar-refractivity contribution in [3.63, 3.8) is 0 Å². The summed E-state index contributed by atoms with van der Waals surface area (Å²) >= 11 is 1.55. The molecule has 0 saturated carbocycles. The second-order valence-electron chi connectivity index (χ2n) is 5.34. The van der Waals surface area contributed by atoms with E-state index >= 15 is 0 Å². The standard InChI is InChI=1S/C16H25NO2S/c1-11(2)17(12(3)4)16(18)13(5)20-15-10-8-7-9-14(15)19-6/h7-13H,1-6H3. The van der Waals surface area contributed by atoms with Crippen molar-refractivity contribution in [3.8, 4) is 5.75 Å². The molecule has 0 aliphatic rings. The highest BCUT2D eigenvalue weighted by Crippen LogP contribution is 2.32. The van der Waals surface area contributed by atoms with Gasteiger partial charge in [-0.15, -0.1) is 11.8 Å². The zero-order valence-electron chi connectivity index (χ0n) is 13.2.